The van der Waals surface area contributed by atoms with Gasteiger partial charge in [0.2, 0.25) is 0 Å². The zero-order chi connectivity index (χ0) is 17.4. The molecule has 1 atom stereocenters. The van der Waals surface area contributed by atoms with Crippen molar-refractivity contribution in [2.24, 2.45) is 0 Å². The number of carbonyl (C=O) groups is 2. The van der Waals surface area contributed by atoms with Gasteiger partial charge in [0.05, 0.1) is 17.1 Å². The molecule has 0 saturated carbocycles. The Balaban J connectivity index is 2.58. The smallest absolute Gasteiger partial charge is 0.279 e. The number of hydrogen-bond donors (Lipinski definition) is 3. The molecule has 0 radical (unpaired) electrons. The summed E-state index contributed by atoms with van der Waals surface area (Å²) in [6.07, 6.45) is 0. The number of nitrogens with zero attached hydrogens (tertiary/aromatic N) is 1. The Hall–Kier alpha value is -2.10. The van der Waals surface area contributed by atoms with E-state index in [0.717, 1.165) is 4.90 Å². The molecule has 124 valence electrons. The molecule has 0 aliphatic heterocycles. The fourth-order valence-corrected chi connectivity index (χ4v) is 2.25. The molecular formula is C16H22ClN4O2+. The van der Waals surface area contributed by atoms with Gasteiger partial charge in [-0.1, -0.05) is 11.6 Å². The number of halogens is 1. The third kappa shape index (κ3) is 6.68. The van der Waals surface area contributed by atoms with Crippen molar-refractivity contribution in [3.05, 3.63) is 28.8 Å². The molecule has 2 amide bonds. The van der Waals surface area contributed by atoms with Crippen molar-refractivity contribution in [3.63, 3.8) is 0 Å². The number of rotatable bonds is 7. The zero-order valence-electron chi connectivity index (χ0n) is 13.6. The van der Waals surface area contributed by atoms with Gasteiger partial charge in [-0.3, -0.25) is 9.59 Å². The maximum atomic E-state index is 12.1. The van der Waals surface area contributed by atoms with Crippen LogP contribution < -0.4 is 15.5 Å². The topological polar surface area (TPSA) is 86.4 Å². The van der Waals surface area contributed by atoms with Crippen LogP contribution in [0.2, 0.25) is 5.02 Å². The minimum atomic E-state index is -0.208. The quantitative estimate of drug-likeness (QED) is 0.680. The highest BCUT2D eigenvalue weighted by atomic mass is 35.5. The summed E-state index contributed by atoms with van der Waals surface area (Å²) in [4.78, 5) is 24.7. The molecule has 0 saturated heterocycles. The normalized spacial score (nSPS) is 11.7. The van der Waals surface area contributed by atoms with Gasteiger partial charge in [-0.25, -0.2) is 0 Å². The number of likely N-dealkylation sites (N-methyl/N-ethyl adjacent to an activating group) is 1. The van der Waals surface area contributed by atoms with E-state index in [2.05, 4.69) is 10.6 Å². The van der Waals surface area contributed by atoms with Crippen LogP contribution in [0.1, 0.15) is 26.3 Å². The van der Waals surface area contributed by atoms with Crippen molar-refractivity contribution in [1.29, 1.82) is 5.26 Å². The van der Waals surface area contributed by atoms with Crippen molar-refractivity contribution >= 4 is 29.1 Å². The summed E-state index contributed by atoms with van der Waals surface area (Å²) in [6.45, 7) is 6.79. The SMILES string of the molecule is CC[NH+](CC(=O)Nc1ccc(C#N)c(Cl)c1)CC(=O)NC(C)C. The maximum Gasteiger partial charge on any atom is 0.279 e. The molecule has 7 heteroatoms. The van der Waals surface area contributed by atoms with E-state index in [4.69, 9.17) is 16.9 Å². The number of hydrogen-bond acceptors (Lipinski definition) is 3. The molecule has 1 unspecified atom stereocenters. The first kappa shape index (κ1) is 18.9. The second-order valence-electron chi connectivity index (χ2n) is 5.53. The highest BCUT2D eigenvalue weighted by Crippen LogP contribution is 2.19. The lowest BCUT2D eigenvalue weighted by Gasteiger charge is -2.17. The first-order chi connectivity index (χ1) is 10.8. The van der Waals surface area contributed by atoms with Crippen LogP contribution in [0, 0.1) is 11.3 Å². The predicted octanol–water partition coefficient (Wildman–Crippen LogP) is 0.580. The van der Waals surface area contributed by atoms with E-state index in [0.29, 0.717) is 22.8 Å². The van der Waals surface area contributed by atoms with Gasteiger partial charge in [-0.2, -0.15) is 5.26 Å². The van der Waals surface area contributed by atoms with Crippen molar-refractivity contribution in [3.8, 4) is 6.07 Å². The Kier molecular flexibility index (Phi) is 7.52. The van der Waals surface area contributed by atoms with E-state index in [1.54, 1.807) is 12.1 Å². The molecule has 0 heterocycles. The average Bonchev–Trinajstić information content (AvgIpc) is 2.45. The van der Waals surface area contributed by atoms with Crippen molar-refractivity contribution < 1.29 is 14.5 Å². The first-order valence-corrected chi connectivity index (χ1v) is 7.86. The summed E-state index contributed by atoms with van der Waals surface area (Å²) in [5.74, 6) is -0.286. The fourth-order valence-electron chi connectivity index (χ4n) is 2.03. The van der Waals surface area contributed by atoms with Crippen LogP contribution in [-0.2, 0) is 9.59 Å². The monoisotopic (exact) mass is 337 g/mol. The van der Waals surface area contributed by atoms with Crippen LogP contribution >= 0.6 is 11.6 Å². The highest BCUT2D eigenvalue weighted by Gasteiger charge is 2.17. The number of amides is 2. The minimum absolute atomic E-state index is 0.0777. The molecule has 0 spiro atoms. The summed E-state index contributed by atoms with van der Waals surface area (Å²) in [7, 11) is 0. The predicted molar refractivity (Wildman–Crippen MR) is 89.3 cm³/mol. The molecule has 23 heavy (non-hydrogen) atoms. The number of anilines is 1. The zero-order valence-corrected chi connectivity index (χ0v) is 14.3. The number of nitrogens with one attached hydrogen (secondary N) is 3. The van der Waals surface area contributed by atoms with Crippen LogP contribution in [-0.4, -0.2) is 37.5 Å². The Morgan fingerprint density at radius 2 is 1.96 bits per heavy atom. The number of carbonyl (C=O) groups excluding carboxylic acids is 2. The van der Waals surface area contributed by atoms with Crippen LogP contribution in [0.3, 0.4) is 0 Å². The molecule has 0 aliphatic rings. The lowest BCUT2D eigenvalue weighted by molar-refractivity contribution is -0.881. The van der Waals surface area contributed by atoms with E-state index < -0.39 is 0 Å². The Labute approximate surface area is 141 Å². The number of benzene rings is 1. The van der Waals surface area contributed by atoms with Crippen LogP contribution in [0.5, 0.6) is 0 Å². The first-order valence-electron chi connectivity index (χ1n) is 7.48. The van der Waals surface area contributed by atoms with Crippen LogP contribution in [0.15, 0.2) is 18.2 Å². The second kappa shape index (κ2) is 9.13. The molecule has 1 aromatic rings. The van der Waals surface area contributed by atoms with Gasteiger partial charge in [-0.05, 0) is 39.0 Å². The Morgan fingerprint density at radius 3 is 2.48 bits per heavy atom. The largest absolute Gasteiger partial charge is 0.349 e. The molecule has 1 aromatic carbocycles. The van der Waals surface area contributed by atoms with E-state index in [1.165, 1.54) is 6.07 Å². The number of quaternary nitrogens is 1. The third-order valence-electron chi connectivity index (χ3n) is 3.14. The molecule has 6 nitrogen and oxygen atoms in total. The van der Waals surface area contributed by atoms with Crippen LogP contribution in [0.25, 0.3) is 0 Å². The Morgan fingerprint density at radius 1 is 1.30 bits per heavy atom. The molecular weight excluding hydrogens is 316 g/mol. The van der Waals surface area contributed by atoms with Gasteiger partial charge in [0, 0.05) is 11.7 Å². The number of nitriles is 1. The maximum absolute atomic E-state index is 12.1. The van der Waals surface area contributed by atoms with E-state index in [-0.39, 0.29) is 30.9 Å². The summed E-state index contributed by atoms with van der Waals surface area (Å²) in [6, 6.07) is 6.76. The lowest BCUT2D eigenvalue weighted by Crippen LogP contribution is -3.14. The molecule has 0 bridgehead atoms. The lowest BCUT2D eigenvalue weighted by atomic mass is 10.2. The molecule has 0 fully saturated rings. The van der Waals surface area contributed by atoms with E-state index >= 15 is 0 Å². The summed E-state index contributed by atoms with van der Waals surface area (Å²) >= 11 is 5.93. The Bertz CT molecular complexity index is 611. The van der Waals surface area contributed by atoms with E-state index in [9.17, 15) is 9.59 Å². The second-order valence-corrected chi connectivity index (χ2v) is 5.94. The van der Waals surface area contributed by atoms with Gasteiger partial charge in [-0.15, -0.1) is 0 Å². The minimum Gasteiger partial charge on any atom is -0.349 e. The summed E-state index contributed by atoms with van der Waals surface area (Å²) in [5, 5.41) is 14.7. The van der Waals surface area contributed by atoms with Gasteiger partial charge in [0.1, 0.15) is 6.07 Å². The third-order valence-corrected chi connectivity index (χ3v) is 3.46. The van der Waals surface area contributed by atoms with Crippen molar-refractivity contribution in [1.82, 2.24) is 5.32 Å². The van der Waals surface area contributed by atoms with Gasteiger partial charge in [0.25, 0.3) is 11.8 Å². The van der Waals surface area contributed by atoms with Crippen molar-refractivity contribution in [2.75, 3.05) is 25.0 Å². The summed E-state index contributed by atoms with van der Waals surface area (Å²) < 4.78 is 0. The average molecular weight is 338 g/mol. The van der Waals surface area contributed by atoms with Crippen LogP contribution in [0.4, 0.5) is 5.69 Å². The van der Waals surface area contributed by atoms with Gasteiger partial charge >= 0.3 is 0 Å². The van der Waals surface area contributed by atoms with E-state index in [1.807, 2.05) is 26.8 Å². The molecule has 3 N–H and O–H groups in total. The van der Waals surface area contributed by atoms with Crippen molar-refractivity contribution in [2.45, 2.75) is 26.8 Å². The fraction of sp³-hybridized carbons (Fsp3) is 0.438. The highest BCUT2D eigenvalue weighted by molar-refractivity contribution is 6.32. The molecule has 0 aliphatic carbocycles. The summed E-state index contributed by atoms with van der Waals surface area (Å²) in [5.41, 5.74) is 0.886. The van der Waals surface area contributed by atoms with Gasteiger partial charge in [0.15, 0.2) is 13.1 Å². The standard InChI is InChI=1S/C16H21ClN4O2/c1-4-21(9-15(22)19-11(2)3)10-16(23)20-13-6-5-12(8-18)14(17)7-13/h5-7,11H,4,9-10H2,1-3H3,(H,19,22)(H,20,23)/p+1. The molecule has 1 rings (SSSR count). The van der Waals surface area contributed by atoms with Gasteiger partial charge < -0.3 is 15.5 Å². The molecule has 0 aromatic heterocycles.